The van der Waals surface area contributed by atoms with Crippen LogP contribution in [0, 0.1) is 5.92 Å². The van der Waals surface area contributed by atoms with Crippen molar-refractivity contribution in [2.24, 2.45) is 5.92 Å². The number of anilines is 1. The van der Waals surface area contributed by atoms with Crippen molar-refractivity contribution in [3.63, 3.8) is 0 Å². The van der Waals surface area contributed by atoms with Crippen LogP contribution in [0.3, 0.4) is 0 Å². The third kappa shape index (κ3) is 2.36. The third-order valence-electron chi connectivity index (χ3n) is 2.06. The summed E-state index contributed by atoms with van der Waals surface area (Å²) in [6, 6.07) is 3.52. The maximum atomic E-state index is 5.55. The second-order valence-corrected chi connectivity index (χ2v) is 4.09. The molecule has 2 heterocycles. The summed E-state index contributed by atoms with van der Waals surface area (Å²) < 4.78 is 5.13. The predicted octanol–water partition coefficient (Wildman–Crippen LogP) is 1.91. The minimum absolute atomic E-state index is 0.440. The Morgan fingerprint density at radius 2 is 2.19 bits per heavy atom. The Bertz CT molecular complexity index is 461. The Hall–Kier alpha value is -1.91. The quantitative estimate of drug-likeness (QED) is 0.851. The molecular weight excluding hydrogens is 204 g/mol. The molecule has 0 radical (unpaired) electrons. The first kappa shape index (κ1) is 10.6. The van der Waals surface area contributed by atoms with Gasteiger partial charge in [0.05, 0.1) is 11.9 Å². The molecule has 0 saturated carbocycles. The molecule has 0 unspecified atom stereocenters. The van der Waals surface area contributed by atoms with Gasteiger partial charge < -0.3 is 10.3 Å². The number of hydrogen-bond acceptors (Lipinski definition) is 5. The number of aromatic nitrogens is 3. The highest BCUT2D eigenvalue weighted by atomic mass is 16.5. The molecule has 0 amide bonds. The van der Waals surface area contributed by atoms with E-state index in [1.54, 1.807) is 18.3 Å². The van der Waals surface area contributed by atoms with E-state index < -0.39 is 0 Å². The van der Waals surface area contributed by atoms with E-state index in [1.165, 1.54) is 0 Å². The zero-order valence-electron chi connectivity index (χ0n) is 9.34. The first-order valence-corrected chi connectivity index (χ1v) is 5.19. The summed E-state index contributed by atoms with van der Waals surface area (Å²) in [5, 5.41) is 3.90. The van der Waals surface area contributed by atoms with E-state index in [2.05, 4.69) is 29.0 Å². The minimum atomic E-state index is 0.440. The Balaban J connectivity index is 2.21. The number of nitrogens with zero attached hydrogens (tertiary/aromatic N) is 3. The second-order valence-electron chi connectivity index (χ2n) is 4.09. The molecule has 5 nitrogen and oxygen atoms in total. The lowest BCUT2D eigenvalue weighted by Crippen LogP contribution is -1.96. The SMILES string of the molecule is CC(C)Cc1noc(-c2ccc(N)cn2)n1. The molecule has 16 heavy (non-hydrogen) atoms. The second kappa shape index (κ2) is 4.30. The van der Waals surface area contributed by atoms with Gasteiger partial charge in [-0.25, -0.2) is 4.98 Å². The van der Waals surface area contributed by atoms with Gasteiger partial charge in [0.1, 0.15) is 5.69 Å². The van der Waals surface area contributed by atoms with Crippen molar-refractivity contribution in [1.82, 2.24) is 15.1 Å². The lowest BCUT2D eigenvalue weighted by Gasteiger charge is -1.96. The van der Waals surface area contributed by atoms with Gasteiger partial charge in [-0.2, -0.15) is 4.98 Å². The maximum absolute atomic E-state index is 5.55. The molecule has 0 aliphatic rings. The molecule has 2 aromatic heterocycles. The molecule has 0 aliphatic heterocycles. The lowest BCUT2D eigenvalue weighted by molar-refractivity contribution is 0.416. The van der Waals surface area contributed by atoms with Gasteiger partial charge in [-0.3, -0.25) is 0 Å². The van der Waals surface area contributed by atoms with E-state index in [9.17, 15) is 0 Å². The molecule has 0 aromatic carbocycles. The average Bonchev–Trinajstić information content (AvgIpc) is 2.66. The van der Waals surface area contributed by atoms with Crippen molar-refractivity contribution in [3.05, 3.63) is 24.2 Å². The topological polar surface area (TPSA) is 77.8 Å². The lowest BCUT2D eigenvalue weighted by atomic mass is 10.1. The number of hydrogen-bond donors (Lipinski definition) is 1. The van der Waals surface area contributed by atoms with Crippen LogP contribution in [-0.2, 0) is 6.42 Å². The molecule has 5 heteroatoms. The van der Waals surface area contributed by atoms with Crippen molar-refractivity contribution >= 4 is 5.69 Å². The summed E-state index contributed by atoms with van der Waals surface area (Å²) in [5.41, 5.74) is 6.81. The van der Waals surface area contributed by atoms with Gasteiger partial charge in [-0.1, -0.05) is 19.0 Å². The van der Waals surface area contributed by atoms with Crippen LogP contribution in [0.5, 0.6) is 0 Å². The fourth-order valence-corrected chi connectivity index (χ4v) is 1.34. The molecule has 0 aliphatic carbocycles. The van der Waals surface area contributed by atoms with E-state index in [-0.39, 0.29) is 0 Å². The zero-order chi connectivity index (χ0) is 11.5. The molecule has 84 valence electrons. The normalized spacial score (nSPS) is 10.9. The standard InChI is InChI=1S/C11H14N4O/c1-7(2)5-10-14-11(16-15-10)9-4-3-8(12)6-13-9/h3-4,6-7H,5,12H2,1-2H3. The summed E-state index contributed by atoms with van der Waals surface area (Å²) >= 11 is 0. The molecule has 0 saturated heterocycles. The Morgan fingerprint density at radius 3 is 2.81 bits per heavy atom. The summed E-state index contributed by atoms with van der Waals surface area (Å²) in [7, 11) is 0. The van der Waals surface area contributed by atoms with Gasteiger partial charge in [0.2, 0.25) is 0 Å². The fraction of sp³-hybridized carbons (Fsp3) is 0.364. The van der Waals surface area contributed by atoms with Gasteiger partial charge in [-0.05, 0) is 18.1 Å². The maximum Gasteiger partial charge on any atom is 0.276 e. The molecule has 0 atom stereocenters. The van der Waals surface area contributed by atoms with Gasteiger partial charge in [0, 0.05) is 6.42 Å². The number of pyridine rings is 1. The van der Waals surface area contributed by atoms with Crippen LogP contribution in [0.4, 0.5) is 5.69 Å². The van der Waals surface area contributed by atoms with Crippen LogP contribution < -0.4 is 5.73 Å². The van der Waals surface area contributed by atoms with Crippen LogP contribution in [0.15, 0.2) is 22.9 Å². The molecule has 0 bridgehead atoms. The van der Waals surface area contributed by atoms with Crippen LogP contribution in [-0.4, -0.2) is 15.1 Å². The van der Waals surface area contributed by atoms with Gasteiger partial charge >= 0.3 is 0 Å². The summed E-state index contributed by atoms with van der Waals surface area (Å²) in [6.07, 6.45) is 2.38. The Morgan fingerprint density at radius 1 is 1.38 bits per heavy atom. The number of nitrogen functional groups attached to an aromatic ring is 1. The monoisotopic (exact) mass is 218 g/mol. The van der Waals surface area contributed by atoms with Crippen LogP contribution in [0.2, 0.25) is 0 Å². The van der Waals surface area contributed by atoms with E-state index in [4.69, 9.17) is 10.3 Å². The highest BCUT2D eigenvalue weighted by Gasteiger charge is 2.10. The average molecular weight is 218 g/mol. The van der Waals surface area contributed by atoms with Crippen molar-refractivity contribution in [3.8, 4) is 11.6 Å². The molecule has 0 fully saturated rings. The van der Waals surface area contributed by atoms with Crippen molar-refractivity contribution in [2.45, 2.75) is 20.3 Å². The Labute approximate surface area is 93.7 Å². The summed E-state index contributed by atoms with van der Waals surface area (Å²) in [6.45, 7) is 4.22. The Kier molecular flexibility index (Phi) is 2.85. The minimum Gasteiger partial charge on any atom is -0.397 e. The van der Waals surface area contributed by atoms with E-state index in [0.29, 0.717) is 29.0 Å². The molecule has 0 spiro atoms. The van der Waals surface area contributed by atoms with E-state index in [0.717, 1.165) is 6.42 Å². The van der Waals surface area contributed by atoms with Crippen LogP contribution in [0.1, 0.15) is 19.7 Å². The summed E-state index contributed by atoms with van der Waals surface area (Å²) in [5.74, 6) is 1.66. The molecular formula is C11H14N4O. The summed E-state index contributed by atoms with van der Waals surface area (Å²) in [4.78, 5) is 8.39. The first-order chi connectivity index (χ1) is 7.65. The molecule has 2 aromatic rings. The van der Waals surface area contributed by atoms with Gasteiger partial charge in [-0.15, -0.1) is 0 Å². The smallest absolute Gasteiger partial charge is 0.276 e. The molecule has 2 rings (SSSR count). The van der Waals surface area contributed by atoms with Crippen molar-refractivity contribution in [2.75, 3.05) is 5.73 Å². The van der Waals surface area contributed by atoms with Gasteiger partial charge in [0.25, 0.3) is 5.89 Å². The molecule has 2 N–H and O–H groups in total. The van der Waals surface area contributed by atoms with Crippen molar-refractivity contribution < 1.29 is 4.52 Å². The van der Waals surface area contributed by atoms with Crippen LogP contribution >= 0.6 is 0 Å². The zero-order valence-corrected chi connectivity index (χ0v) is 9.34. The number of rotatable bonds is 3. The van der Waals surface area contributed by atoms with Crippen LogP contribution in [0.25, 0.3) is 11.6 Å². The van der Waals surface area contributed by atoms with E-state index >= 15 is 0 Å². The first-order valence-electron chi connectivity index (χ1n) is 5.19. The third-order valence-corrected chi connectivity index (χ3v) is 2.06. The fourth-order valence-electron chi connectivity index (χ4n) is 1.34. The largest absolute Gasteiger partial charge is 0.397 e. The van der Waals surface area contributed by atoms with Crippen molar-refractivity contribution in [1.29, 1.82) is 0 Å². The number of nitrogens with two attached hydrogens (primary N) is 1. The highest BCUT2D eigenvalue weighted by molar-refractivity contribution is 5.50. The predicted molar refractivity (Wildman–Crippen MR) is 60.5 cm³/mol. The van der Waals surface area contributed by atoms with E-state index in [1.807, 2.05) is 0 Å². The van der Waals surface area contributed by atoms with Gasteiger partial charge in [0.15, 0.2) is 5.82 Å². The highest BCUT2D eigenvalue weighted by Crippen LogP contribution is 2.16.